The second-order valence-electron chi connectivity index (χ2n) is 4.59. The van der Waals surface area contributed by atoms with Crippen molar-refractivity contribution in [3.8, 4) is 5.75 Å². The molecule has 1 N–H and O–H groups in total. The van der Waals surface area contributed by atoms with Crippen molar-refractivity contribution in [2.45, 2.75) is 26.3 Å². The lowest BCUT2D eigenvalue weighted by atomic mass is 10.0. The van der Waals surface area contributed by atoms with E-state index in [-0.39, 0.29) is 17.6 Å². The van der Waals surface area contributed by atoms with Crippen LogP contribution in [0.1, 0.15) is 29.2 Å². The predicted octanol–water partition coefficient (Wildman–Crippen LogP) is 3.49. The Balaban J connectivity index is 2.23. The van der Waals surface area contributed by atoms with Gasteiger partial charge in [-0.25, -0.2) is 9.37 Å². The smallest absolute Gasteiger partial charge is 0.165 e. The Morgan fingerprint density at radius 3 is 2.85 bits per heavy atom. The maximum atomic E-state index is 13.5. The Morgan fingerprint density at radius 1 is 1.45 bits per heavy atom. The first-order chi connectivity index (χ1) is 9.63. The number of nitrogens with zero attached hydrogens (tertiary/aromatic N) is 1. The van der Waals surface area contributed by atoms with E-state index in [0.29, 0.717) is 0 Å². The zero-order valence-corrected chi connectivity index (χ0v) is 12.8. The number of hydrogen-bond donors (Lipinski definition) is 1. The summed E-state index contributed by atoms with van der Waals surface area (Å²) in [5.41, 5.74) is 2.05. The molecule has 0 saturated carbocycles. The largest absolute Gasteiger partial charge is 0.494 e. The maximum absolute atomic E-state index is 13.5. The van der Waals surface area contributed by atoms with Crippen molar-refractivity contribution in [2.75, 3.05) is 13.7 Å². The minimum absolute atomic E-state index is 0.111. The van der Waals surface area contributed by atoms with Crippen molar-refractivity contribution in [1.82, 2.24) is 10.3 Å². The zero-order valence-electron chi connectivity index (χ0n) is 11.9. The molecule has 3 nitrogen and oxygen atoms in total. The number of hydrogen-bond acceptors (Lipinski definition) is 4. The molecule has 2 aromatic rings. The van der Waals surface area contributed by atoms with Crippen LogP contribution >= 0.6 is 11.3 Å². The molecule has 2 rings (SSSR count). The molecule has 1 atom stereocenters. The molecule has 1 aromatic heterocycles. The third kappa shape index (κ3) is 3.55. The normalized spacial score (nSPS) is 12.4. The maximum Gasteiger partial charge on any atom is 0.165 e. The molecule has 108 valence electrons. The molecule has 0 spiro atoms. The van der Waals surface area contributed by atoms with Crippen LogP contribution in [-0.4, -0.2) is 18.6 Å². The molecule has 0 fully saturated rings. The monoisotopic (exact) mass is 294 g/mol. The summed E-state index contributed by atoms with van der Waals surface area (Å²) in [6, 6.07) is 5.11. The minimum atomic E-state index is -0.336. The standard InChI is InChI=1S/C15H19FN2OS/c1-4-17-13(8-15-18-10(2)9-20-15)11-5-6-12(16)14(7-11)19-3/h5-7,9,13,17H,4,8H2,1-3H3. The molecule has 0 bridgehead atoms. The highest BCUT2D eigenvalue weighted by atomic mass is 32.1. The molecule has 0 amide bonds. The van der Waals surface area contributed by atoms with E-state index in [2.05, 4.69) is 17.2 Å². The molecule has 0 aliphatic rings. The summed E-state index contributed by atoms with van der Waals surface area (Å²) >= 11 is 1.66. The topological polar surface area (TPSA) is 34.2 Å². The van der Waals surface area contributed by atoms with Crippen molar-refractivity contribution >= 4 is 11.3 Å². The molecule has 0 radical (unpaired) electrons. The van der Waals surface area contributed by atoms with E-state index >= 15 is 0 Å². The lowest BCUT2D eigenvalue weighted by molar-refractivity contribution is 0.384. The van der Waals surface area contributed by atoms with E-state index in [0.717, 1.165) is 29.2 Å². The van der Waals surface area contributed by atoms with Crippen LogP contribution in [0.25, 0.3) is 0 Å². The highest BCUT2D eigenvalue weighted by Gasteiger charge is 2.15. The van der Waals surface area contributed by atoms with Crippen LogP contribution in [0.2, 0.25) is 0 Å². The van der Waals surface area contributed by atoms with E-state index in [9.17, 15) is 4.39 Å². The van der Waals surface area contributed by atoms with E-state index in [1.165, 1.54) is 13.2 Å². The number of aryl methyl sites for hydroxylation is 1. The molecule has 1 unspecified atom stereocenters. The van der Waals surface area contributed by atoms with E-state index < -0.39 is 0 Å². The first-order valence-electron chi connectivity index (χ1n) is 6.61. The van der Waals surface area contributed by atoms with Crippen molar-refractivity contribution in [3.63, 3.8) is 0 Å². The number of ether oxygens (including phenoxy) is 1. The van der Waals surface area contributed by atoms with Crippen LogP contribution < -0.4 is 10.1 Å². The second-order valence-corrected chi connectivity index (χ2v) is 5.53. The quantitative estimate of drug-likeness (QED) is 0.885. The van der Waals surface area contributed by atoms with Gasteiger partial charge in [0.25, 0.3) is 0 Å². The van der Waals surface area contributed by atoms with Crippen LogP contribution in [0.3, 0.4) is 0 Å². The lowest BCUT2D eigenvalue weighted by Crippen LogP contribution is -2.23. The van der Waals surface area contributed by atoms with Crippen molar-refractivity contribution < 1.29 is 9.13 Å². The number of aromatic nitrogens is 1. The Morgan fingerprint density at radius 2 is 2.25 bits per heavy atom. The number of thiazole rings is 1. The number of benzene rings is 1. The van der Waals surface area contributed by atoms with Gasteiger partial charge >= 0.3 is 0 Å². The van der Waals surface area contributed by atoms with Gasteiger partial charge in [0.05, 0.1) is 12.1 Å². The summed E-state index contributed by atoms with van der Waals surface area (Å²) in [5.74, 6) is -0.0580. The minimum Gasteiger partial charge on any atom is -0.494 e. The first-order valence-corrected chi connectivity index (χ1v) is 7.49. The number of methoxy groups -OCH3 is 1. The third-order valence-corrected chi connectivity index (χ3v) is 4.06. The number of likely N-dealkylation sites (N-methyl/N-ethyl adjacent to an activating group) is 1. The van der Waals surface area contributed by atoms with Crippen molar-refractivity contribution in [2.24, 2.45) is 0 Å². The summed E-state index contributed by atoms with van der Waals surface area (Å²) in [6.07, 6.45) is 0.793. The van der Waals surface area contributed by atoms with Crippen LogP contribution in [0.5, 0.6) is 5.75 Å². The third-order valence-electron chi connectivity index (χ3n) is 3.07. The van der Waals surface area contributed by atoms with E-state index in [4.69, 9.17) is 4.74 Å². The summed E-state index contributed by atoms with van der Waals surface area (Å²) in [6.45, 7) is 4.89. The summed E-state index contributed by atoms with van der Waals surface area (Å²) in [5, 5.41) is 6.54. The lowest BCUT2D eigenvalue weighted by Gasteiger charge is -2.18. The Labute approximate surface area is 122 Å². The molecule has 1 heterocycles. The SMILES string of the molecule is CCNC(Cc1nc(C)cs1)c1ccc(F)c(OC)c1. The summed E-state index contributed by atoms with van der Waals surface area (Å²) in [7, 11) is 1.48. The number of nitrogens with one attached hydrogen (secondary N) is 1. The van der Waals surface area contributed by atoms with Gasteiger partial charge in [0.1, 0.15) is 0 Å². The molecule has 0 saturated heterocycles. The Bertz CT molecular complexity index is 571. The number of rotatable bonds is 6. The summed E-state index contributed by atoms with van der Waals surface area (Å²) in [4.78, 5) is 4.49. The highest BCUT2D eigenvalue weighted by molar-refractivity contribution is 7.09. The molecule has 1 aromatic carbocycles. The van der Waals surface area contributed by atoms with Crippen molar-refractivity contribution in [3.05, 3.63) is 45.7 Å². The first kappa shape index (κ1) is 14.9. The van der Waals surface area contributed by atoms with Gasteiger partial charge in [-0.15, -0.1) is 11.3 Å². The zero-order chi connectivity index (χ0) is 14.5. The van der Waals surface area contributed by atoms with Gasteiger partial charge in [0.15, 0.2) is 11.6 Å². The number of halogens is 1. The van der Waals surface area contributed by atoms with Gasteiger partial charge in [0, 0.05) is 23.5 Å². The predicted molar refractivity (Wildman–Crippen MR) is 79.9 cm³/mol. The average molecular weight is 294 g/mol. The fourth-order valence-electron chi connectivity index (χ4n) is 2.12. The van der Waals surface area contributed by atoms with Gasteiger partial charge in [-0.3, -0.25) is 0 Å². The molecular weight excluding hydrogens is 275 g/mol. The molecular formula is C15H19FN2OS. The molecule has 0 aliphatic heterocycles. The highest BCUT2D eigenvalue weighted by Crippen LogP contribution is 2.26. The second kappa shape index (κ2) is 6.81. The average Bonchev–Trinajstić information content (AvgIpc) is 2.84. The van der Waals surface area contributed by atoms with Crippen LogP contribution in [0.4, 0.5) is 4.39 Å². The van der Waals surface area contributed by atoms with E-state index in [1.54, 1.807) is 23.5 Å². The van der Waals surface area contributed by atoms with E-state index in [1.807, 2.05) is 12.3 Å². The van der Waals surface area contributed by atoms with Gasteiger partial charge < -0.3 is 10.1 Å². The van der Waals surface area contributed by atoms with Crippen LogP contribution in [0.15, 0.2) is 23.6 Å². The van der Waals surface area contributed by atoms with Crippen LogP contribution in [-0.2, 0) is 6.42 Å². The fraction of sp³-hybridized carbons (Fsp3) is 0.400. The Kier molecular flexibility index (Phi) is 5.09. The molecule has 0 aliphatic carbocycles. The van der Waals surface area contributed by atoms with Gasteiger partial charge in [-0.2, -0.15) is 0 Å². The summed E-state index contributed by atoms with van der Waals surface area (Å²) < 4.78 is 18.5. The van der Waals surface area contributed by atoms with Crippen molar-refractivity contribution in [1.29, 1.82) is 0 Å². The molecule has 20 heavy (non-hydrogen) atoms. The van der Waals surface area contributed by atoms with Gasteiger partial charge in [0.2, 0.25) is 0 Å². The Hall–Kier alpha value is -1.46. The molecule has 5 heteroatoms. The van der Waals surface area contributed by atoms with Gasteiger partial charge in [-0.1, -0.05) is 13.0 Å². The fourth-order valence-corrected chi connectivity index (χ4v) is 2.94. The van der Waals surface area contributed by atoms with Crippen LogP contribution in [0, 0.1) is 12.7 Å². The van der Waals surface area contributed by atoms with Gasteiger partial charge in [-0.05, 0) is 31.2 Å².